The molecule has 0 spiro atoms. The first-order chi connectivity index (χ1) is 7.70. The molecule has 0 aliphatic carbocycles. The van der Waals surface area contributed by atoms with Crippen molar-refractivity contribution in [3.63, 3.8) is 0 Å². The predicted molar refractivity (Wildman–Crippen MR) is 66.8 cm³/mol. The van der Waals surface area contributed by atoms with Crippen LogP contribution in [-0.4, -0.2) is 4.98 Å². The van der Waals surface area contributed by atoms with Crippen molar-refractivity contribution in [1.82, 2.24) is 4.98 Å². The predicted octanol–water partition coefficient (Wildman–Crippen LogP) is 3.54. The Kier molecular flexibility index (Phi) is 4.23. The van der Waals surface area contributed by atoms with Gasteiger partial charge in [-0.2, -0.15) is 0 Å². The fourth-order valence-electron chi connectivity index (χ4n) is 1.58. The highest BCUT2D eigenvalue weighted by atomic mass is 19.1. The molecule has 0 amide bonds. The van der Waals surface area contributed by atoms with Crippen LogP contribution in [0.15, 0.2) is 24.3 Å². The van der Waals surface area contributed by atoms with Crippen molar-refractivity contribution >= 4 is 16.6 Å². The number of nitrogens with zero attached hydrogens (tertiary/aromatic N) is 1. The number of hydrogen-bond donors (Lipinski definition) is 1. The number of nitrogens with two attached hydrogens (primary N) is 1. The third-order valence-electron chi connectivity index (χ3n) is 2.23. The molecule has 0 radical (unpaired) electrons. The molecule has 1 aromatic heterocycles. The minimum absolute atomic E-state index is 0.237. The molecule has 1 aromatic carbocycles. The summed E-state index contributed by atoms with van der Waals surface area (Å²) >= 11 is 0. The Morgan fingerprint density at radius 1 is 1.25 bits per heavy atom. The van der Waals surface area contributed by atoms with Gasteiger partial charge in [-0.3, -0.25) is 0 Å². The van der Waals surface area contributed by atoms with Gasteiger partial charge in [0.2, 0.25) is 0 Å². The topological polar surface area (TPSA) is 38.9 Å². The summed E-state index contributed by atoms with van der Waals surface area (Å²) in [7, 11) is 0. The molecular formula is C13H17FN2. The Labute approximate surface area is 95.3 Å². The molecule has 0 aliphatic heterocycles. The van der Waals surface area contributed by atoms with E-state index in [0.29, 0.717) is 5.82 Å². The maximum absolute atomic E-state index is 13.0. The van der Waals surface area contributed by atoms with Crippen LogP contribution in [0.3, 0.4) is 0 Å². The molecule has 1 heterocycles. The van der Waals surface area contributed by atoms with Crippen LogP contribution in [0.4, 0.5) is 10.2 Å². The van der Waals surface area contributed by atoms with E-state index in [4.69, 9.17) is 5.73 Å². The fourth-order valence-corrected chi connectivity index (χ4v) is 1.58. The molecule has 2 nitrogen and oxygen atoms in total. The van der Waals surface area contributed by atoms with Gasteiger partial charge in [0.25, 0.3) is 0 Å². The Morgan fingerprint density at radius 3 is 2.56 bits per heavy atom. The van der Waals surface area contributed by atoms with Crippen LogP contribution in [0, 0.1) is 5.82 Å². The van der Waals surface area contributed by atoms with Gasteiger partial charge in [0.1, 0.15) is 11.6 Å². The molecule has 2 rings (SSSR count). The molecule has 2 N–H and O–H groups in total. The number of aromatic nitrogens is 1. The largest absolute Gasteiger partial charge is 0.384 e. The van der Waals surface area contributed by atoms with Gasteiger partial charge >= 0.3 is 0 Å². The molecule has 16 heavy (non-hydrogen) atoms. The first-order valence-corrected chi connectivity index (χ1v) is 5.55. The average Bonchev–Trinajstić information content (AvgIpc) is 2.31. The van der Waals surface area contributed by atoms with E-state index in [1.807, 2.05) is 20.8 Å². The van der Waals surface area contributed by atoms with E-state index in [-0.39, 0.29) is 5.82 Å². The summed E-state index contributed by atoms with van der Waals surface area (Å²) in [4.78, 5) is 4.17. The highest BCUT2D eigenvalue weighted by molar-refractivity contribution is 5.86. The van der Waals surface area contributed by atoms with Crippen molar-refractivity contribution in [3.05, 3.63) is 35.8 Å². The molecular weight excluding hydrogens is 203 g/mol. The molecule has 0 atom stereocenters. The van der Waals surface area contributed by atoms with Crippen molar-refractivity contribution in [2.45, 2.75) is 27.2 Å². The minimum Gasteiger partial charge on any atom is -0.384 e. The summed E-state index contributed by atoms with van der Waals surface area (Å²) in [6.45, 7) is 5.98. The van der Waals surface area contributed by atoms with E-state index >= 15 is 0 Å². The quantitative estimate of drug-likeness (QED) is 0.798. The van der Waals surface area contributed by atoms with Gasteiger partial charge in [0, 0.05) is 5.39 Å². The zero-order chi connectivity index (χ0) is 12.1. The first-order valence-electron chi connectivity index (χ1n) is 5.55. The second-order valence-corrected chi connectivity index (χ2v) is 3.21. The number of hydrogen-bond acceptors (Lipinski definition) is 2. The smallest absolute Gasteiger partial charge is 0.124 e. The monoisotopic (exact) mass is 220 g/mol. The van der Waals surface area contributed by atoms with Crippen LogP contribution in [0.2, 0.25) is 0 Å². The molecule has 3 heteroatoms. The summed E-state index contributed by atoms with van der Waals surface area (Å²) in [6, 6.07) is 6.41. The number of benzene rings is 1. The molecule has 0 bridgehead atoms. The van der Waals surface area contributed by atoms with E-state index in [9.17, 15) is 4.39 Å². The van der Waals surface area contributed by atoms with E-state index in [1.54, 1.807) is 12.1 Å². The van der Waals surface area contributed by atoms with E-state index in [1.165, 1.54) is 12.1 Å². The number of pyridine rings is 1. The van der Waals surface area contributed by atoms with Crippen molar-refractivity contribution in [2.75, 3.05) is 5.73 Å². The summed E-state index contributed by atoms with van der Waals surface area (Å²) in [5.74, 6) is 0.250. The lowest BCUT2D eigenvalue weighted by atomic mass is 10.1. The number of nitrogen functional groups attached to an aromatic ring is 1. The van der Waals surface area contributed by atoms with Gasteiger partial charge in [-0.25, -0.2) is 9.37 Å². The Hall–Kier alpha value is -1.64. The summed E-state index contributed by atoms with van der Waals surface area (Å²) in [6.07, 6.45) is 0.755. The molecule has 2 aromatic rings. The van der Waals surface area contributed by atoms with Gasteiger partial charge in [-0.05, 0) is 30.0 Å². The van der Waals surface area contributed by atoms with Crippen molar-refractivity contribution in [3.8, 4) is 0 Å². The summed E-state index contributed by atoms with van der Waals surface area (Å²) in [5.41, 5.74) is 6.48. The van der Waals surface area contributed by atoms with E-state index in [2.05, 4.69) is 4.98 Å². The second kappa shape index (κ2) is 5.45. The molecule has 0 saturated heterocycles. The zero-order valence-electron chi connectivity index (χ0n) is 9.92. The maximum atomic E-state index is 13.0. The van der Waals surface area contributed by atoms with E-state index in [0.717, 1.165) is 22.9 Å². The molecule has 0 aliphatic rings. The van der Waals surface area contributed by atoms with Gasteiger partial charge in [0.05, 0.1) is 5.69 Å². The second-order valence-electron chi connectivity index (χ2n) is 3.21. The van der Waals surface area contributed by atoms with Gasteiger partial charge < -0.3 is 5.73 Å². The van der Waals surface area contributed by atoms with Gasteiger partial charge in [-0.1, -0.05) is 26.8 Å². The Bertz CT molecular complexity index is 481. The number of fused-ring (bicyclic) bond motifs is 1. The molecule has 0 unspecified atom stereocenters. The highest BCUT2D eigenvalue weighted by Crippen LogP contribution is 2.21. The van der Waals surface area contributed by atoms with Crippen LogP contribution in [0.25, 0.3) is 10.8 Å². The normalized spacial score (nSPS) is 9.75. The third-order valence-corrected chi connectivity index (χ3v) is 2.23. The lowest BCUT2D eigenvalue weighted by Gasteiger charge is -2.04. The van der Waals surface area contributed by atoms with Crippen LogP contribution < -0.4 is 5.73 Å². The summed E-state index contributed by atoms with van der Waals surface area (Å²) < 4.78 is 13.0. The van der Waals surface area contributed by atoms with Gasteiger partial charge in [-0.15, -0.1) is 0 Å². The lowest BCUT2D eigenvalue weighted by Crippen LogP contribution is -1.96. The molecule has 0 fully saturated rings. The first kappa shape index (κ1) is 12.4. The molecule has 0 saturated carbocycles. The Morgan fingerprint density at radius 2 is 1.94 bits per heavy atom. The SMILES string of the molecule is CC.CCc1nc(N)cc2ccc(F)cc12. The third kappa shape index (κ3) is 2.48. The lowest BCUT2D eigenvalue weighted by molar-refractivity contribution is 0.629. The fraction of sp³-hybridized carbons (Fsp3) is 0.308. The minimum atomic E-state index is -0.237. The zero-order valence-corrected chi connectivity index (χ0v) is 9.92. The highest BCUT2D eigenvalue weighted by Gasteiger charge is 2.03. The number of rotatable bonds is 1. The van der Waals surface area contributed by atoms with Crippen LogP contribution >= 0.6 is 0 Å². The van der Waals surface area contributed by atoms with Crippen molar-refractivity contribution in [2.24, 2.45) is 0 Å². The Balaban J connectivity index is 0.000000606. The van der Waals surface area contributed by atoms with Crippen molar-refractivity contribution in [1.29, 1.82) is 0 Å². The maximum Gasteiger partial charge on any atom is 0.124 e. The number of anilines is 1. The van der Waals surface area contributed by atoms with Gasteiger partial charge in [0.15, 0.2) is 0 Å². The average molecular weight is 220 g/mol. The number of aryl methyl sites for hydroxylation is 1. The van der Waals surface area contributed by atoms with E-state index < -0.39 is 0 Å². The summed E-state index contributed by atoms with van der Waals surface area (Å²) in [5, 5.41) is 1.79. The van der Waals surface area contributed by atoms with Crippen molar-refractivity contribution < 1.29 is 4.39 Å². The van der Waals surface area contributed by atoms with Crippen LogP contribution in [0.5, 0.6) is 0 Å². The van der Waals surface area contributed by atoms with Crippen LogP contribution in [0.1, 0.15) is 26.5 Å². The van der Waals surface area contributed by atoms with Crippen LogP contribution in [-0.2, 0) is 6.42 Å². The number of halogens is 1. The standard InChI is InChI=1S/C11H11FN2.C2H6/c1-2-10-9-6-8(12)4-3-7(9)5-11(13)14-10;1-2/h3-6H,2H2,1H3,(H2,13,14);1-2H3. The molecule has 86 valence electrons.